The molecular weight excluding hydrogens is 705 g/mol. The first-order valence-electron chi connectivity index (χ1n) is 16.2. The maximum absolute atomic E-state index is 13.5. The summed E-state index contributed by atoms with van der Waals surface area (Å²) in [5.41, 5.74) is 6.74. The van der Waals surface area contributed by atoms with E-state index in [1.165, 1.54) is 39.1 Å². The lowest BCUT2D eigenvalue weighted by Crippen LogP contribution is -3.00. The fourth-order valence-electron chi connectivity index (χ4n) is 7.73. The fraction of sp³-hybridized carbons (Fsp3) is 0.308. The standard InChI is InChI=1S/C39H40BrNO2P.BrH/c40-28-36-33(39(42)43-38-34-23-14-25-41-24-13-15-29(37(34)41)27-35(36)38)22-11-4-12-26-44(30-16-5-1-6-17-30,31-18-7-2-8-19-31)32-20-9-3-10-21-32;/h1-3,5-10,16-21,27H,4,11-15,22-26,28H2;1H/q+1;/p-1. The van der Waals surface area contributed by atoms with Crippen LogP contribution in [0, 0.1) is 0 Å². The number of alkyl halides is 1. The number of anilines is 1. The van der Waals surface area contributed by atoms with E-state index in [0.717, 1.165) is 86.3 Å². The van der Waals surface area contributed by atoms with Crippen molar-refractivity contribution in [3.8, 4) is 0 Å². The van der Waals surface area contributed by atoms with Crippen LogP contribution in [0.2, 0.25) is 0 Å². The molecule has 2 aliphatic rings. The van der Waals surface area contributed by atoms with E-state index in [-0.39, 0.29) is 22.6 Å². The van der Waals surface area contributed by atoms with Gasteiger partial charge in [-0.25, -0.2) is 4.79 Å². The third kappa shape index (κ3) is 6.09. The molecule has 2 aliphatic heterocycles. The molecule has 0 spiro atoms. The fourth-order valence-corrected chi connectivity index (χ4v) is 12.8. The highest BCUT2D eigenvalue weighted by Crippen LogP contribution is 2.56. The number of hydrogen-bond acceptors (Lipinski definition) is 3. The van der Waals surface area contributed by atoms with E-state index in [4.69, 9.17) is 4.42 Å². The Balaban J connectivity index is 0.00000357. The van der Waals surface area contributed by atoms with Crippen LogP contribution >= 0.6 is 23.2 Å². The van der Waals surface area contributed by atoms with Gasteiger partial charge in [0.15, 0.2) is 0 Å². The van der Waals surface area contributed by atoms with Crippen molar-refractivity contribution in [2.24, 2.45) is 0 Å². The second-order valence-corrected chi connectivity index (χ2v) is 16.4. The predicted molar refractivity (Wildman–Crippen MR) is 192 cm³/mol. The van der Waals surface area contributed by atoms with E-state index < -0.39 is 7.26 Å². The van der Waals surface area contributed by atoms with E-state index in [9.17, 15) is 4.79 Å². The molecule has 0 saturated heterocycles. The van der Waals surface area contributed by atoms with Gasteiger partial charge in [0.05, 0.1) is 6.16 Å². The zero-order valence-corrected chi connectivity index (χ0v) is 29.8. The third-order valence-electron chi connectivity index (χ3n) is 9.75. The van der Waals surface area contributed by atoms with Crippen molar-refractivity contribution in [2.45, 2.75) is 56.7 Å². The first-order valence-corrected chi connectivity index (χ1v) is 19.3. The Morgan fingerprint density at radius 3 is 1.89 bits per heavy atom. The van der Waals surface area contributed by atoms with Crippen LogP contribution in [0.25, 0.3) is 11.0 Å². The van der Waals surface area contributed by atoms with E-state index in [1.807, 2.05) is 0 Å². The molecule has 0 N–H and O–H groups in total. The number of hydrogen-bond donors (Lipinski definition) is 0. The van der Waals surface area contributed by atoms with E-state index >= 15 is 0 Å². The average Bonchev–Trinajstić information content (AvgIpc) is 3.08. The minimum atomic E-state index is -1.83. The van der Waals surface area contributed by atoms with Crippen LogP contribution in [0.15, 0.2) is 106 Å². The van der Waals surface area contributed by atoms with Crippen LogP contribution in [-0.4, -0.2) is 19.3 Å². The minimum Gasteiger partial charge on any atom is -1.00 e. The highest BCUT2D eigenvalue weighted by molar-refractivity contribution is 9.08. The van der Waals surface area contributed by atoms with Gasteiger partial charge >= 0.3 is 5.63 Å². The average molecular weight is 746 g/mol. The molecule has 6 heteroatoms. The lowest BCUT2D eigenvalue weighted by atomic mass is 9.88. The molecule has 4 aromatic carbocycles. The number of nitrogens with zero attached hydrogens (tertiary/aromatic N) is 1. The molecule has 0 fully saturated rings. The summed E-state index contributed by atoms with van der Waals surface area (Å²) in [6.07, 6.45) is 9.43. The summed E-state index contributed by atoms with van der Waals surface area (Å²) in [5, 5.41) is 6.12. The monoisotopic (exact) mass is 743 g/mol. The Hall–Kier alpha value is -2.72. The molecule has 45 heavy (non-hydrogen) atoms. The van der Waals surface area contributed by atoms with Gasteiger partial charge < -0.3 is 26.3 Å². The van der Waals surface area contributed by atoms with Crippen LogP contribution in [0.4, 0.5) is 5.69 Å². The number of rotatable bonds is 10. The van der Waals surface area contributed by atoms with Gasteiger partial charge in [0.1, 0.15) is 28.8 Å². The van der Waals surface area contributed by atoms with Gasteiger partial charge in [-0.2, -0.15) is 0 Å². The first kappa shape index (κ1) is 32.2. The number of benzene rings is 4. The van der Waals surface area contributed by atoms with Crippen molar-refractivity contribution in [3.05, 3.63) is 130 Å². The molecule has 0 aliphatic carbocycles. The van der Waals surface area contributed by atoms with Crippen molar-refractivity contribution in [3.63, 3.8) is 0 Å². The lowest BCUT2D eigenvalue weighted by Gasteiger charge is -2.37. The largest absolute Gasteiger partial charge is 1.00 e. The van der Waals surface area contributed by atoms with Gasteiger partial charge in [0.25, 0.3) is 0 Å². The van der Waals surface area contributed by atoms with E-state index in [0.29, 0.717) is 5.33 Å². The second-order valence-electron chi connectivity index (χ2n) is 12.3. The summed E-state index contributed by atoms with van der Waals surface area (Å²) in [5.74, 6) is 0. The molecule has 5 aromatic rings. The van der Waals surface area contributed by atoms with Crippen molar-refractivity contribution < 1.29 is 21.4 Å². The van der Waals surface area contributed by atoms with Gasteiger partial charge in [-0.3, -0.25) is 0 Å². The topological polar surface area (TPSA) is 33.5 Å². The van der Waals surface area contributed by atoms with Crippen molar-refractivity contribution in [2.75, 3.05) is 24.2 Å². The molecule has 7 rings (SSSR count). The van der Waals surface area contributed by atoms with E-state index in [1.54, 1.807) is 0 Å². The van der Waals surface area contributed by atoms with E-state index in [2.05, 4.69) is 118 Å². The second kappa shape index (κ2) is 14.4. The molecule has 0 atom stereocenters. The smallest absolute Gasteiger partial charge is 0.339 e. The Labute approximate surface area is 286 Å². The summed E-state index contributed by atoms with van der Waals surface area (Å²) in [4.78, 5) is 16.0. The van der Waals surface area contributed by atoms with Crippen LogP contribution in [0.1, 0.15) is 54.4 Å². The van der Waals surface area contributed by atoms with Gasteiger partial charge in [0.2, 0.25) is 0 Å². The number of halogens is 2. The summed E-state index contributed by atoms with van der Waals surface area (Å²) in [7, 11) is -1.83. The number of aryl methyl sites for hydroxylation is 2. The highest BCUT2D eigenvalue weighted by Gasteiger charge is 2.44. The zero-order valence-electron chi connectivity index (χ0n) is 25.7. The summed E-state index contributed by atoms with van der Waals surface area (Å²) >= 11 is 3.77. The molecule has 0 bridgehead atoms. The maximum atomic E-state index is 13.5. The lowest BCUT2D eigenvalue weighted by molar-refractivity contribution is -0.00000899. The van der Waals surface area contributed by atoms with Crippen molar-refractivity contribution >= 4 is 55.8 Å². The van der Waals surface area contributed by atoms with Gasteiger partial charge in [0, 0.05) is 40.6 Å². The highest BCUT2D eigenvalue weighted by atomic mass is 79.9. The van der Waals surface area contributed by atoms with Crippen LogP contribution in [-0.2, 0) is 24.6 Å². The minimum absolute atomic E-state index is 0. The summed E-state index contributed by atoms with van der Waals surface area (Å²) in [6, 6.07) is 35.7. The van der Waals surface area contributed by atoms with Crippen molar-refractivity contribution in [1.82, 2.24) is 0 Å². The maximum Gasteiger partial charge on any atom is 0.339 e. The summed E-state index contributed by atoms with van der Waals surface area (Å²) in [6.45, 7) is 2.23. The molecule has 0 unspecified atom stereocenters. The normalized spacial score (nSPS) is 14.2. The molecule has 232 valence electrons. The zero-order chi connectivity index (χ0) is 29.9. The quantitative estimate of drug-likeness (QED) is 0.0865. The molecule has 0 radical (unpaired) electrons. The Bertz CT molecular complexity index is 1710. The van der Waals surface area contributed by atoms with Crippen LogP contribution < -0.4 is 43.4 Å². The summed E-state index contributed by atoms with van der Waals surface area (Å²) < 4.78 is 6.19. The molecular formula is C39H40Br2NO2P. The number of unbranched alkanes of at least 4 members (excludes halogenated alkanes) is 2. The first-order chi connectivity index (χ1) is 21.7. The van der Waals surface area contributed by atoms with Gasteiger partial charge in [-0.1, -0.05) is 70.5 Å². The SMILES string of the molecule is O=c1oc2c3c4c(cc2c(CBr)c1CCCCC[P+](c1ccccc1)(c1ccccc1)c1ccccc1)CCCN4CCC3.[Br-]. The Kier molecular flexibility index (Phi) is 10.3. The van der Waals surface area contributed by atoms with Gasteiger partial charge in [-0.15, -0.1) is 0 Å². The Morgan fingerprint density at radius 1 is 0.733 bits per heavy atom. The Morgan fingerprint density at radius 2 is 1.31 bits per heavy atom. The third-order valence-corrected chi connectivity index (χ3v) is 14.8. The van der Waals surface area contributed by atoms with Crippen molar-refractivity contribution in [1.29, 1.82) is 0 Å². The molecule has 1 aromatic heterocycles. The number of fused-ring (bicyclic) bond motifs is 2. The van der Waals surface area contributed by atoms with Gasteiger partial charge in [-0.05, 0) is 105 Å². The van der Waals surface area contributed by atoms with Crippen LogP contribution in [0.3, 0.4) is 0 Å². The molecule has 3 nitrogen and oxygen atoms in total. The predicted octanol–water partition coefficient (Wildman–Crippen LogP) is 5.10. The molecule has 3 heterocycles. The molecule has 0 amide bonds. The van der Waals surface area contributed by atoms with Crippen LogP contribution in [0.5, 0.6) is 0 Å². The molecule has 0 saturated carbocycles.